The van der Waals surface area contributed by atoms with Crippen molar-refractivity contribution < 1.29 is 0 Å². The van der Waals surface area contributed by atoms with Crippen LogP contribution in [0.3, 0.4) is 0 Å². The molecule has 102 valence electrons. The number of aromatic nitrogens is 3. The fraction of sp³-hybridized carbons (Fsp3) is 0.200. The summed E-state index contributed by atoms with van der Waals surface area (Å²) in [7, 11) is 0. The third-order valence-electron chi connectivity index (χ3n) is 3.09. The summed E-state index contributed by atoms with van der Waals surface area (Å²) in [5.41, 5.74) is 2.79. The van der Waals surface area contributed by atoms with E-state index in [1.54, 1.807) is 12.4 Å². The van der Waals surface area contributed by atoms with Crippen molar-refractivity contribution in [3.05, 3.63) is 53.6 Å². The van der Waals surface area contributed by atoms with Crippen molar-refractivity contribution in [3.8, 4) is 0 Å². The van der Waals surface area contributed by atoms with E-state index in [2.05, 4.69) is 29.1 Å². The zero-order valence-corrected chi connectivity index (χ0v) is 12.1. The molecule has 0 fully saturated rings. The lowest BCUT2D eigenvalue weighted by molar-refractivity contribution is 0.837. The largest absolute Gasteiger partial charge is 0.340 e. The van der Waals surface area contributed by atoms with Crippen LogP contribution in [0.4, 0.5) is 11.5 Å². The maximum absolute atomic E-state index is 6.03. The van der Waals surface area contributed by atoms with Gasteiger partial charge in [-0.3, -0.25) is 9.38 Å². The van der Waals surface area contributed by atoms with Gasteiger partial charge in [-0.15, -0.1) is 0 Å². The number of nitrogens with one attached hydrogen (secondary N) is 1. The van der Waals surface area contributed by atoms with Gasteiger partial charge in [-0.1, -0.05) is 31.5 Å². The van der Waals surface area contributed by atoms with Crippen LogP contribution >= 0.6 is 11.6 Å². The Morgan fingerprint density at radius 2 is 2.15 bits per heavy atom. The highest BCUT2D eigenvalue weighted by molar-refractivity contribution is 6.30. The van der Waals surface area contributed by atoms with Crippen LogP contribution in [0.15, 0.2) is 42.9 Å². The number of nitrogens with zero attached hydrogens (tertiary/aromatic N) is 3. The van der Waals surface area contributed by atoms with Gasteiger partial charge in [0.25, 0.3) is 0 Å². The minimum atomic E-state index is 0.316. The molecular formula is C15H15ClN4. The van der Waals surface area contributed by atoms with E-state index in [9.17, 15) is 0 Å². The van der Waals surface area contributed by atoms with E-state index in [4.69, 9.17) is 11.6 Å². The van der Waals surface area contributed by atoms with Gasteiger partial charge in [-0.2, -0.15) is 0 Å². The van der Waals surface area contributed by atoms with E-state index < -0.39 is 0 Å². The molecule has 3 rings (SSSR count). The third kappa shape index (κ3) is 2.34. The molecule has 1 N–H and O–H groups in total. The summed E-state index contributed by atoms with van der Waals surface area (Å²) >= 11 is 6.03. The van der Waals surface area contributed by atoms with Gasteiger partial charge in [0, 0.05) is 23.1 Å². The predicted octanol–water partition coefficient (Wildman–Crippen LogP) is 4.25. The lowest BCUT2D eigenvalue weighted by Crippen LogP contribution is -1.99. The third-order valence-corrected chi connectivity index (χ3v) is 3.33. The second-order valence-corrected chi connectivity index (χ2v) is 5.38. The van der Waals surface area contributed by atoms with Crippen LogP contribution in [0.1, 0.15) is 25.5 Å². The topological polar surface area (TPSA) is 42.2 Å². The Morgan fingerprint density at radius 3 is 2.90 bits per heavy atom. The van der Waals surface area contributed by atoms with Gasteiger partial charge in [0.1, 0.15) is 5.82 Å². The summed E-state index contributed by atoms with van der Waals surface area (Å²) in [4.78, 5) is 8.75. The van der Waals surface area contributed by atoms with Crippen LogP contribution < -0.4 is 5.32 Å². The maximum atomic E-state index is 6.03. The number of anilines is 2. The number of halogens is 1. The SMILES string of the molecule is CC(C)c1nc2cnccn2c1Nc1cccc(Cl)c1. The van der Waals surface area contributed by atoms with Gasteiger partial charge >= 0.3 is 0 Å². The highest BCUT2D eigenvalue weighted by Gasteiger charge is 2.15. The molecule has 0 bridgehead atoms. The lowest BCUT2D eigenvalue weighted by Gasteiger charge is -2.10. The minimum absolute atomic E-state index is 0.316. The van der Waals surface area contributed by atoms with Crippen molar-refractivity contribution in [2.24, 2.45) is 0 Å². The smallest absolute Gasteiger partial charge is 0.157 e. The Morgan fingerprint density at radius 1 is 1.30 bits per heavy atom. The summed E-state index contributed by atoms with van der Waals surface area (Å²) in [5.74, 6) is 1.27. The van der Waals surface area contributed by atoms with Crippen molar-refractivity contribution in [1.29, 1.82) is 0 Å². The maximum Gasteiger partial charge on any atom is 0.157 e. The Kier molecular flexibility index (Phi) is 3.32. The van der Waals surface area contributed by atoms with Crippen LogP contribution in [0.2, 0.25) is 5.02 Å². The van der Waals surface area contributed by atoms with Crippen LogP contribution in [-0.2, 0) is 0 Å². The van der Waals surface area contributed by atoms with Crippen molar-refractivity contribution in [2.75, 3.05) is 5.32 Å². The van der Waals surface area contributed by atoms with E-state index in [1.165, 1.54) is 0 Å². The molecule has 0 atom stereocenters. The average Bonchev–Trinajstić information content (AvgIpc) is 2.78. The molecule has 0 unspecified atom stereocenters. The Bertz CT molecular complexity index is 748. The molecule has 0 aliphatic rings. The van der Waals surface area contributed by atoms with E-state index >= 15 is 0 Å². The molecule has 0 aliphatic heterocycles. The van der Waals surface area contributed by atoms with E-state index in [-0.39, 0.29) is 0 Å². The molecule has 0 spiro atoms. The molecule has 0 radical (unpaired) electrons. The first-order valence-corrected chi connectivity index (χ1v) is 6.87. The normalized spacial score (nSPS) is 11.2. The standard InChI is InChI=1S/C15H15ClN4/c1-10(2)14-15(18-12-5-3-4-11(16)8-12)20-7-6-17-9-13(20)19-14/h3-10,18H,1-2H3. The highest BCUT2D eigenvalue weighted by atomic mass is 35.5. The van der Waals surface area contributed by atoms with Gasteiger partial charge in [0.15, 0.2) is 5.65 Å². The average molecular weight is 287 g/mol. The van der Waals surface area contributed by atoms with Crippen LogP contribution in [0, 0.1) is 0 Å². The summed E-state index contributed by atoms with van der Waals surface area (Å²) in [6.45, 7) is 4.25. The first-order valence-electron chi connectivity index (χ1n) is 6.49. The summed E-state index contributed by atoms with van der Waals surface area (Å²) in [6, 6.07) is 7.65. The Hall–Kier alpha value is -2.07. The molecule has 2 heterocycles. The molecule has 0 saturated heterocycles. The fourth-order valence-electron chi connectivity index (χ4n) is 2.15. The Labute approximate surface area is 122 Å². The highest BCUT2D eigenvalue weighted by Crippen LogP contribution is 2.28. The Balaban J connectivity index is 2.11. The molecule has 1 aromatic carbocycles. The molecule has 0 amide bonds. The number of hydrogen-bond donors (Lipinski definition) is 1. The van der Waals surface area contributed by atoms with Gasteiger partial charge in [-0.25, -0.2) is 4.98 Å². The lowest BCUT2D eigenvalue weighted by atomic mass is 10.1. The molecule has 2 aromatic heterocycles. The number of imidazole rings is 1. The summed E-state index contributed by atoms with van der Waals surface area (Å²) in [5, 5.41) is 4.11. The summed E-state index contributed by atoms with van der Waals surface area (Å²) < 4.78 is 2.00. The molecule has 5 heteroatoms. The molecule has 0 aliphatic carbocycles. The quantitative estimate of drug-likeness (QED) is 0.782. The van der Waals surface area contributed by atoms with Crippen LogP contribution in [0.25, 0.3) is 5.65 Å². The first-order chi connectivity index (χ1) is 9.65. The molecule has 3 aromatic rings. The number of fused-ring (bicyclic) bond motifs is 1. The fourth-order valence-corrected chi connectivity index (χ4v) is 2.35. The van der Waals surface area contributed by atoms with Gasteiger partial charge < -0.3 is 5.32 Å². The monoisotopic (exact) mass is 286 g/mol. The number of benzene rings is 1. The second-order valence-electron chi connectivity index (χ2n) is 4.94. The molecule has 4 nitrogen and oxygen atoms in total. The minimum Gasteiger partial charge on any atom is -0.340 e. The zero-order valence-electron chi connectivity index (χ0n) is 11.3. The first kappa shape index (κ1) is 12.9. The van der Waals surface area contributed by atoms with Gasteiger partial charge in [0.05, 0.1) is 11.9 Å². The predicted molar refractivity (Wildman–Crippen MR) is 81.8 cm³/mol. The number of rotatable bonds is 3. The van der Waals surface area contributed by atoms with Crippen molar-refractivity contribution in [2.45, 2.75) is 19.8 Å². The van der Waals surface area contributed by atoms with E-state index in [0.29, 0.717) is 10.9 Å². The van der Waals surface area contributed by atoms with Crippen LogP contribution in [0.5, 0.6) is 0 Å². The molecule has 20 heavy (non-hydrogen) atoms. The van der Waals surface area contributed by atoms with Crippen LogP contribution in [-0.4, -0.2) is 14.4 Å². The number of hydrogen-bond acceptors (Lipinski definition) is 3. The van der Waals surface area contributed by atoms with E-state index in [1.807, 2.05) is 34.9 Å². The molecular weight excluding hydrogens is 272 g/mol. The summed E-state index contributed by atoms with van der Waals surface area (Å²) in [6.07, 6.45) is 5.41. The second kappa shape index (κ2) is 5.13. The van der Waals surface area contributed by atoms with Gasteiger partial charge in [-0.05, 0) is 24.1 Å². The van der Waals surface area contributed by atoms with Crippen molar-refractivity contribution in [1.82, 2.24) is 14.4 Å². The molecule has 0 saturated carbocycles. The van der Waals surface area contributed by atoms with Crippen molar-refractivity contribution >= 4 is 28.8 Å². The zero-order chi connectivity index (χ0) is 14.1. The van der Waals surface area contributed by atoms with E-state index in [0.717, 1.165) is 22.8 Å². The van der Waals surface area contributed by atoms with Gasteiger partial charge in [0.2, 0.25) is 0 Å². The van der Waals surface area contributed by atoms with Crippen molar-refractivity contribution in [3.63, 3.8) is 0 Å².